The monoisotopic (exact) mass is 273 g/mol. The molecule has 0 aromatic heterocycles. The van der Waals surface area contributed by atoms with Gasteiger partial charge in [0.1, 0.15) is 5.75 Å². The van der Waals surface area contributed by atoms with Crippen LogP contribution in [-0.2, 0) is 10.0 Å². The summed E-state index contributed by atoms with van der Waals surface area (Å²) in [5, 5.41) is 7.97. The van der Waals surface area contributed by atoms with Gasteiger partial charge in [0, 0.05) is 6.54 Å². The van der Waals surface area contributed by atoms with Crippen molar-refractivity contribution in [1.29, 1.82) is 0 Å². The number of anilines is 2. The van der Waals surface area contributed by atoms with E-state index in [4.69, 9.17) is 15.6 Å². The van der Waals surface area contributed by atoms with Crippen molar-refractivity contribution in [3.8, 4) is 5.75 Å². The smallest absolute Gasteiger partial charge is 0.209 e. The van der Waals surface area contributed by atoms with Gasteiger partial charge in [0.05, 0.1) is 23.7 Å². The van der Waals surface area contributed by atoms with Gasteiger partial charge in [0.15, 0.2) is 0 Å². The number of nitrogens with one attached hydrogen (secondary N) is 1. The Balaban J connectivity index is 2.55. The van der Waals surface area contributed by atoms with Crippen molar-refractivity contribution >= 4 is 21.4 Å². The third-order valence-corrected chi connectivity index (χ3v) is 3.14. The SMILES string of the molecule is CCOc1cccc(NCCCS(N)(=O)=O)c1N. The van der Waals surface area contributed by atoms with Crippen LogP contribution in [0, 0.1) is 0 Å². The molecule has 1 aromatic rings. The molecule has 0 heterocycles. The van der Waals surface area contributed by atoms with Crippen LogP contribution in [0.5, 0.6) is 5.75 Å². The molecule has 5 N–H and O–H groups in total. The number of rotatable bonds is 7. The Morgan fingerprint density at radius 3 is 2.72 bits per heavy atom. The minimum Gasteiger partial charge on any atom is -0.492 e. The maximum absolute atomic E-state index is 10.8. The summed E-state index contributed by atoms with van der Waals surface area (Å²) in [6.45, 7) is 2.90. The lowest BCUT2D eigenvalue weighted by Gasteiger charge is -2.12. The Bertz CT molecular complexity index is 488. The van der Waals surface area contributed by atoms with Gasteiger partial charge in [-0.25, -0.2) is 13.6 Å². The molecule has 0 fully saturated rings. The van der Waals surface area contributed by atoms with Crippen LogP contribution in [0.15, 0.2) is 18.2 Å². The lowest BCUT2D eigenvalue weighted by atomic mass is 10.2. The zero-order valence-corrected chi connectivity index (χ0v) is 11.2. The minimum absolute atomic E-state index is 0.0505. The van der Waals surface area contributed by atoms with E-state index >= 15 is 0 Å². The molecule has 1 aromatic carbocycles. The fourth-order valence-corrected chi connectivity index (χ4v) is 2.02. The van der Waals surface area contributed by atoms with E-state index in [0.29, 0.717) is 31.0 Å². The van der Waals surface area contributed by atoms with Gasteiger partial charge in [0.2, 0.25) is 10.0 Å². The molecule has 0 unspecified atom stereocenters. The standard InChI is InChI=1S/C11H19N3O3S/c1-2-17-10-6-3-5-9(11(10)12)14-7-4-8-18(13,15)16/h3,5-6,14H,2,4,7-8,12H2,1H3,(H2,13,15,16). The van der Waals surface area contributed by atoms with Gasteiger partial charge in [0.25, 0.3) is 0 Å². The van der Waals surface area contributed by atoms with Crippen LogP contribution in [0.2, 0.25) is 0 Å². The number of benzene rings is 1. The molecule has 0 aliphatic heterocycles. The van der Waals surface area contributed by atoms with E-state index < -0.39 is 10.0 Å². The molecule has 0 radical (unpaired) electrons. The molecule has 1 rings (SSSR count). The Kier molecular flexibility index (Phi) is 5.24. The van der Waals surface area contributed by atoms with Crippen LogP contribution in [0.25, 0.3) is 0 Å². The van der Waals surface area contributed by atoms with Crippen LogP contribution < -0.4 is 20.9 Å². The van der Waals surface area contributed by atoms with Crippen molar-refractivity contribution < 1.29 is 13.2 Å². The highest BCUT2D eigenvalue weighted by Gasteiger charge is 2.06. The first-order valence-electron chi connectivity index (χ1n) is 5.69. The lowest BCUT2D eigenvalue weighted by molar-refractivity contribution is 0.342. The zero-order chi connectivity index (χ0) is 13.6. The number of hydrogen-bond donors (Lipinski definition) is 3. The average Bonchev–Trinajstić information content (AvgIpc) is 2.28. The summed E-state index contributed by atoms with van der Waals surface area (Å²) in [5.74, 6) is 0.569. The van der Waals surface area contributed by atoms with E-state index in [1.54, 1.807) is 6.07 Å². The van der Waals surface area contributed by atoms with Crippen molar-refractivity contribution in [3.63, 3.8) is 0 Å². The zero-order valence-electron chi connectivity index (χ0n) is 10.3. The second kappa shape index (κ2) is 6.46. The van der Waals surface area contributed by atoms with E-state index in [9.17, 15) is 8.42 Å². The molecule has 0 aliphatic rings. The summed E-state index contributed by atoms with van der Waals surface area (Å²) in [7, 11) is -3.40. The normalized spacial score (nSPS) is 11.2. The Labute approximate surface area is 107 Å². The molecule has 0 spiro atoms. The molecule has 18 heavy (non-hydrogen) atoms. The van der Waals surface area contributed by atoms with Crippen LogP contribution in [0.3, 0.4) is 0 Å². The maximum atomic E-state index is 10.8. The summed E-state index contributed by atoms with van der Waals surface area (Å²) in [4.78, 5) is 0. The maximum Gasteiger partial charge on any atom is 0.209 e. The number of hydrogen-bond acceptors (Lipinski definition) is 5. The van der Waals surface area contributed by atoms with Crippen molar-refractivity contribution in [3.05, 3.63) is 18.2 Å². The molecule has 6 nitrogen and oxygen atoms in total. The fourth-order valence-electron chi connectivity index (χ4n) is 1.48. The van der Waals surface area contributed by atoms with E-state index in [0.717, 1.165) is 5.69 Å². The molecule has 0 bridgehead atoms. The third kappa shape index (κ3) is 4.80. The Hall–Kier alpha value is -1.47. The highest BCUT2D eigenvalue weighted by atomic mass is 32.2. The van der Waals surface area contributed by atoms with E-state index in [-0.39, 0.29) is 5.75 Å². The van der Waals surface area contributed by atoms with E-state index in [1.807, 2.05) is 19.1 Å². The van der Waals surface area contributed by atoms with Crippen LogP contribution in [0.1, 0.15) is 13.3 Å². The summed E-state index contributed by atoms with van der Waals surface area (Å²) < 4.78 is 26.9. The van der Waals surface area contributed by atoms with Gasteiger partial charge in [-0.1, -0.05) is 6.07 Å². The highest BCUT2D eigenvalue weighted by molar-refractivity contribution is 7.89. The van der Waals surface area contributed by atoms with Crippen LogP contribution >= 0.6 is 0 Å². The first kappa shape index (κ1) is 14.6. The van der Waals surface area contributed by atoms with E-state index in [1.165, 1.54) is 0 Å². The van der Waals surface area contributed by atoms with Crippen molar-refractivity contribution in [2.75, 3.05) is 30.0 Å². The average molecular weight is 273 g/mol. The molecule has 0 amide bonds. The van der Waals surface area contributed by atoms with Gasteiger partial charge in [-0.15, -0.1) is 0 Å². The molecule has 0 atom stereocenters. The van der Waals surface area contributed by atoms with Crippen LogP contribution in [0.4, 0.5) is 11.4 Å². The van der Waals surface area contributed by atoms with Crippen LogP contribution in [-0.4, -0.2) is 27.3 Å². The van der Waals surface area contributed by atoms with Crippen molar-refractivity contribution in [1.82, 2.24) is 0 Å². The number of sulfonamides is 1. The third-order valence-electron chi connectivity index (χ3n) is 2.29. The number of nitrogen functional groups attached to an aromatic ring is 1. The highest BCUT2D eigenvalue weighted by Crippen LogP contribution is 2.29. The largest absolute Gasteiger partial charge is 0.492 e. The molecule has 7 heteroatoms. The van der Waals surface area contributed by atoms with Crippen molar-refractivity contribution in [2.45, 2.75) is 13.3 Å². The number of primary sulfonamides is 1. The Morgan fingerprint density at radius 1 is 1.39 bits per heavy atom. The summed E-state index contributed by atoms with van der Waals surface area (Å²) in [5.41, 5.74) is 7.16. The predicted octanol–water partition coefficient (Wildman–Crippen LogP) is 0.758. The summed E-state index contributed by atoms with van der Waals surface area (Å²) in [6.07, 6.45) is 0.428. The molecular weight excluding hydrogens is 254 g/mol. The number of para-hydroxylation sites is 1. The molecular formula is C11H19N3O3S. The quantitative estimate of drug-likeness (QED) is 0.502. The first-order chi connectivity index (χ1) is 8.44. The fraction of sp³-hybridized carbons (Fsp3) is 0.455. The van der Waals surface area contributed by atoms with E-state index in [2.05, 4.69) is 5.32 Å². The van der Waals surface area contributed by atoms with Gasteiger partial charge in [-0.05, 0) is 25.5 Å². The minimum atomic E-state index is -3.40. The van der Waals surface area contributed by atoms with Crippen molar-refractivity contribution in [2.24, 2.45) is 5.14 Å². The topological polar surface area (TPSA) is 107 Å². The first-order valence-corrected chi connectivity index (χ1v) is 7.41. The second-order valence-electron chi connectivity index (χ2n) is 3.80. The molecule has 0 saturated heterocycles. The predicted molar refractivity (Wildman–Crippen MR) is 73.1 cm³/mol. The summed E-state index contributed by atoms with van der Waals surface area (Å²) >= 11 is 0. The van der Waals surface area contributed by atoms with Gasteiger partial charge in [-0.3, -0.25) is 0 Å². The lowest BCUT2D eigenvalue weighted by Crippen LogP contribution is -2.18. The molecule has 102 valence electrons. The summed E-state index contributed by atoms with van der Waals surface area (Å²) in [6, 6.07) is 5.42. The van der Waals surface area contributed by atoms with Gasteiger partial charge < -0.3 is 15.8 Å². The van der Waals surface area contributed by atoms with Gasteiger partial charge in [-0.2, -0.15) is 0 Å². The second-order valence-corrected chi connectivity index (χ2v) is 5.53. The number of nitrogens with two attached hydrogens (primary N) is 2. The molecule has 0 saturated carbocycles. The molecule has 0 aliphatic carbocycles. The number of ether oxygens (including phenoxy) is 1. The van der Waals surface area contributed by atoms with Gasteiger partial charge >= 0.3 is 0 Å². The Morgan fingerprint density at radius 2 is 2.11 bits per heavy atom.